The van der Waals surface area contributed by atoms with Crippen LogP contribution >= 0.6 is 0 Å². The lowest BCUT2D eigenvalue weighted by Crippen LogP contribution is -2.39. The van der Waals surface area contributed by atoms with Gasteiger partial charge in [-0.1, -0.05) is 30.3 Å². The van der Waals surface area contributed by atoms with Gasteiger partial charge in [-0.3, -0.25) is 4.79 Å². The molecule has 1 atom stereocenters. The van der Waals surface area contributed by atoms with Crippen molar-refractivity contribution >= 4 is 17.3 Å². The molecule has 1 aliphatic heterocycles. The second kappa shape index (κ2) is 6.73. The zero-order valence-electron chi connectivity index (χ0n) is 13.6. The van der Waals surface area contributed by atoms with E-state index in [9.17, 15) is 4.79 Å². The predicted molar refractivity (Wildman–Crippen MR) is 93.2 cm³/mol. The van der Waals surface area contributed by atoms with E-state index >= 15 is 0 Å². The molecular formula is C19H22N2O2. The van der Waals surface area contributed by atoms with Gasteiger partial charge in [-0.25, -0.2) is 0 Å². The fraction of sp³-hybridized carbons (Fsp3) is 0.316. The average molecular weight is 310 g/mol. The van der Waals surface area contributed by atoms with Crippen LogP contribution in [0, 0.1) is 0 Å². The molecule has 3 rings (SSSR count). The molecule has 0 unspecified atom stereocenters. The number of anilines is 2. The molecule has 0 bridgehead atoms. The molecule has 2 aromatic carbocycles. The minimum atomic E-state index is 0.0775. The van der Waals surface area contributed by atoms with Crippen LogP contribution in [0.4, 0.5) is 11.4 Å². The van der Waals surface area contributed by atoms with E-state index in [-0.39, 0.29) is 18.5 Å². The van der Waals surface area contributed by atoms with Crippen molar-refractivity contribution in [3.8, 4) is 5.75 Å². The summed E-state index contributed by atoms with van der Waals surface area (Å²) in [4.78, 5) is 14.6. The summed E-state index contributed by atoms with van der Waals surface area (Å²) >= 11 is 0. The van der Waals surface area contributed by atoms with E-state index in [1.165, 1.54) is 5.56 Å². The van der Waals surface area contributed by atoms with Crippen molar-refractivity contribution in [3.63, 3.8) is 0 Å². The number of nitrogens with one attached hydrogen (secondary N) is 1. The molecule has 4 heteroatoms. The van der Waals surface area contributed by atoms with E-state index in [1.54, 1.807) is 0 Å². The molecule has 0 fully saturated rings. The SMILES string of the molecule is CCOc1ccccc1NCC(=O)N1c2ccccc2C[C@@H]1C. The Morgan fingerprint density at radius 2 is 1.96 bits per heavy atom. The van der Waals surface area contributed by atoms with Gasteiger partial charge in [0.05, 0.1) is 18.8 Å². The zero-order valence-corrected chi connectivity index (χ0v) is 13.6. The number of carbonyl (C=O) groups excluding carboxylic acids is 1. The molecule has 23 heavy (non-hydrogen) atoms. The molecule has 1 N–H and O–H groups in total. The lowest BCUT2D eigenvalue weighted by Gasteiger charge is -2.23. The summed E-state index contributed by atoms with van der Waals surface area (Å²) in [7, 11) is 0. The number of hydrogen-bond acceptors (Lipinski definition) is 3. The highest BCUT2D eigenvalue weighted by Crippen LogP contribution is 2.32. The Morgan fingerprint density at radius 3 is 2.78 bits per heavy atom. The van der Waals surface area contributed by atoms with Gasteiger partial charge < -0.3 is 15.0 Å². The van der Waals surface area contributed by atoms with E-state index in [4.69, 9.17) is 4.74 Å². The van der Waals surface area contributed by atoms with Crippen LogP contribution in [-0.4, -0.2) is 25.1 Å². The molecule has 0 spiro atoms. The standard InChI is InChI=1S/C19H22N2O2/c1-3-23-18-11-7-5-9-16(18)20-13-19(22)21-14(2)12-15-8-4-6-10-17(15)21/h4-11,14,20H,3,12-13H2,1-2H3/t14-/m0/s1. The third-order valence-corrected chi connectivity index (χ3v) is 4.09. The highest BCUT2D eigenvalue weighted by atomic mass is 16.5. The number of fused-ring (bicyclic) bond motifs is 1. The van der Waals surface area contributed by atoms with Crippen LogP contribution in [0.15, 0.2) is 48.5 Å². The lowest BCUT2D eigenvalue weighted by molar-refractivity contribution is -0.117. The van der Waals surface area contributed by atoms with Crippen LogP contribution < -0.4 is 15.0 Å². The summed E-state index contributed by atoms with van der Waals surface area (Å²) in [5.41, 5.74) is 3.12. The van der Waals surface area contributed by atoms with E-state index in [0.717, 1.165) is 23.5 Å². The second-order valence-corrected chi connectivity index (χ2v) is 5.73. The molecule has 4 nitrogen and oxygen atoms in total. The molecular weight excluding hydrogens is 288 g/mol. The van der Waals surface area contributed by atoms with Gasteiger partial charge in [0.1, 0.15) is 5.75 Å². The monoisotopic (exact) mass is 310 g/mol. The Bertz CT molecular complexity index is 699. The highest BCUT2D eigenvalue weighted by molar-refractivity contribution is 5.98. The molecule has 1 heterocycles. The Balaban J connectivity index is 1.71. The first-order valence-electron chi connectivity index (χ1n) is 8.06. The van der Waals surface area contributed by atoms with Crippen LogP contribution in [0.25, 0.3) is 0 Å². The lowest BCUT2D eigenvalue weighted by atomic mass is 10.1. The van der Waals surface area contributed by atoms with Crippen LogP contribution in [0.1, 0.15) is 19.4 Å². The van der Waals surface area contributed by atoms with Crippen molar-refractivity contribution in [3.05, 3.63) is 54.1 Å². The summed E-state index contributed by atoms with van der Waals surface area (Å²) in [5.74, 6) is 0.853. The second-order valence-electron chi connectivity index (χ2n) is 5.73. The third-order valence-electron chi connectivity index (χ3n) is 4.09. The maximum atomic E-state index is 12.7. The summed E-state index contributed by atoms with van der Waals surface area (Å²) in [5, 5.41) is 3.21. The van der Waals surface area contributed by atoms with Crippen LogP contribution in [0.5, 0.6) is 5.75 Å². The average Bonchev–Trinajstić information content (AvgIpc) is 2.90. The smallest absolute Gasteiger partial charge is 0.246 e. The molecule has 1 aliphatic rings. The predicted octanol–water partition coefficient (Wildman–Crippen LogP) is 3.48. The van der Waals surface area contributed by atoms with E-state index in [0.29, 0.717) is 6.61 Å². The number of ether oxygens (including phenoxy) is 1. The highest BCUT2D eigenvalue weighted by Gasteiger charge is 2.30. The first kappa shape index (κ1) is 15.4. The number of nitrogens with zero attached hydrogens (tertiary/aromatic N) is 1. The summed E-state index contributed by atoms with van der Waals surface area (Å²) < 4.78 is 5.58. The summed E-state index contributed by atoms with van der Waals surface area (Å²) in [6.07, 6.45) is 0.914. The van der Waals surface area contributed by atoms with Crippen molar-refractivity contribution in [2.45, 2.75) is 26.3 Å². The van der Waals surface area contributed by atoms with Crippen molar-refractivity contribution in [1.29, 1.82) is 0 Å². The Morgan fingerprint density at radius 1 is 1.22 bits per heavy atom. The zero-order chi connectivity index (χ0) is 16.2. The molecule has 2 aromatic rings. The van der Waals surface area contributed by atoms with E-state index < -0.39 is 0 Å². The Hall–Kier alpha value is -2.49. The van der Waals surface area contributed by atoms with Gasteiger partial charge in [-0.05, 0) is 44.0 Å². The van der Waals surface area contributed by atoms with Gasteiger partial charge in [0.15, 0.2) is 0 Å². The van der Waals surface area contributed by atoms with Gasteiger partial charge in [-0.15, -0.1) is 0 Å². The fourth-order valence-electron chi connectivity index (χ4n) is 3.10. The molecule has 0 aliphatic carbocycles. The van der Waals surface area contributed by atoms with Gasteiger partial charge >= 0.3 is 0 Å². The first-order valence-corrected chi connectivity index (χ1v) is 8.06. The first-order chi connectivity index (χ1) is 11.2. The van der Waals surface area contributed by atoms with Gasteiger partial charge in [0.25, 0.3) is 0 Å². The Labute approximate surface area is 137 Å². The van der Waals surface area contributed by atoms with E-state index in [1.807, 2.05) is 54.3 Å². The maximum absolute atomic E-state index is 12.7. The molecule has 0 saturated heterocycles. The number of carbonyl (C=O) groups is 1. The van der Waals surface area contributed by atoms with Gasteiger partial charge in [-0.2, -0.15) is 0 Å². The minimum Gasteiger partial charge on any atom is -0.492 e. The fourth-order valence-corrected chi connectivity index (χ4v) is 3.10. The van der Waals surface area contributed by atoms with Crippen LogP contribution in [0.2, 0.25) is 0 Å². The third kappa shape index (κ3) is 3.16. The summed E-state index contributed by atoms with van der Waals surface area (Å²) in [6.45, 7) is 4.89. The molecule has 120 valence electrons. The van der Waals surface area contributed by atoms with Crippen LogP contribution in [-0.2, 0) is 11.2 Å². The minimum absolute atomic E-state index is 0.0775. The topological polar surface area (TPSA) is 41.6 Å². The maximum Gasteiger partial charge on any atom is 0.246 e. The van der Waals surface area contributed by atoms with Crippen molar-refractivity contribution < 1.29 is 9.53 Å². The number of benzene rings is 2. The van der Waals surface area contributed by atoms with Crippen molar-refractivity contribution in [2.24, 2.45) is 0 Å². The molecule has 0 radical (unpaired) electrons. The normalized spacial score (nSPS) is 16.1. The van der Waals surface area contributed by atoms with Crippen molar-refractivity contribution in [2.75, 3.05) is 23.4 Å². The summed E-state index contributed by atoms with van der Waals surface area (Å²) in [6, 6.07) is 16.0. The number of para-hydroxylation sites is 3. The largest absolute Gasteiger partial charge is 0.492 e. The number of amides is 1. The van der Waals surface area contributed by atoms with Crippen molar-refractivity contribution in [1.82, 2.24) is 0 Å². The molecule has 1 amide bonds. The van der Waals surface area contributed by atoms with E-state index in [2.05, 4.69) is 18.3 Å². The number of rotatable bonds is 5. The van der Waals surface area contributed by atoms with Gasteiger partial charge in [0, 0.05) is 11.7 Å². The Kier molecular flexibility index (Phi) is 4.51. The molecule has 0 aromatic heterocycles. The van der Waals surface area contributed by atoms with Crippen LogP contribution in [0.3, 0.4) is 0 Å². The molecule has 0 saturated carbocycles. The number of hydrogen-bond donors (Lipinski definition) is 1. The quantitative estimate of drug-likeness (QED) is 0.919. The van der Waals surface area contributed by atoms with Gasteiger partial charge in [0.2, 0.25) is 5.91 Å².